The first-order valence-corrected chi connectivity index (χ1v) is 10.5. The van der Waals surface area contributed by atoms with E-state index >= 15 is 0 Å². The van der Waals surface area contributed by atoms with Crippen LogP contribution in [0.25, 0.3) is 16.9 Å². The Labute approximate surface area is 197 Å². The van der Waals surface area contributed by atoms with Crippen molar-refractivity contribution >= 4 is 23.4 Å². The number of carbonyl (C=O) groups is 2. The van der Waals surface area contributed by atoms with E-state index in [9.17, 15) is 9.59 Å². The third kappa shape index (κ3) is 4.75. The van der Waals surface area contributed by atoms with Gasteiger partial charge in [0.25, 0.3) is 5.91 Å². The van der Waals surface area contributed by atoms with Gasteiger partial charge in [-0.3, -0.25) is 9.69 Å². The van der Waals surface area contributed by atoms with Gasteiger partial charge in [-0.2, -0.15) is 5.10 Å². The average molecular weight is 457 g/mol. The van der Waals surface area contributed by atoms with E-state index in [2.05, 4.69) is 5.32 Å². The van der Waals surface area contributed by atoms with E-state index in [0.717, 1.165) is 11.3 Å². The third-order valence-corrected chi connectivity index (χ3v) is 5.28. The van der Waals surface area contributed by atoms with Crippen molar-refractivity contribution in [3.8, 4) is 22.7 Å². The number of aromatic nitrogens is 2. The van der Waals surface area contributed by atoms with Gasteiger partial charge in [-0.05, 0) is 48.5 Å². The van der Waals surface area contributed by atoms with Crippen molar-refractivity contribution in [1.82, 2.24) is 9.78 Å². The summed E-state index contributed by atoms with van der Waals surface area (Å²) in [6.07, 6.45) is 1.23. The van der Waals surface area contributed by atoms with Crippen molar-refractivity contribution in [1.29, 1.82) is 0 Å². The van der Waals surface area contributed by atoms with Crippen LogP contribution in [0.5, 0.6) is 5.75 Å². The number of amides is 2. The third-order valence-electron chi connectivity index (χ3n) is 5.28. The Morgan fingerprint density at radius 3 is 2.35 bits per heavy atom. The first kappa shape index (κ1) is 22.6. The van der Waals surface area contributed by atoms with Gasteiger partial charge in [0, 0.05) is 30.2 Å². The minimum Gasteiger partial charge on any atom is -0.497 e. The number of rotatable bonds is 6. The van der Waals surface area contributed by atoms with Crippen molar-refractivity contribution in [3.63, 3.8) is 0 Å². The molecule has 1 heterocycles. The maximum absolute atomic E-state index is 13.3. The molecule has 4 rings (SSSR count). The molecule has 0 aliphatic carbocycles. The summed E-state index contributed by atoms with van der Waals surface area (Å²) in [5, 5.41) is 7.61. The Bertz CT molecular complexity index is 1300. The topological polar surface area (TPSA) is 85.7 Å². The van der Waals surface area contributed by atoms with E-state index < -0.39 is 6.09 Å². The summed E-state index contributed by atoms with van der Waals surface area (Å²) in [4.78, 5) is 26.4. The fourth-order valence-corrected chi connectivity index (χ4v) is 3.45. The van der Waals surface area contributed by atoms with Crippen LogP contribution < -0.4 is 15.0 Å². The number of methoxy groups -OCH3 is 2. The molecule has 34 heavy (non-hydrogen) atoms. The van der Waals surface area contributed by atoms with Gasteiger partial charge in [-0.15, -0.1) is 0 Å². The molecule has 0 unspecified atom stereocenters. The number of hydrogen-bond donors (Lipinski definition) is 1. The Kier molecular flexibility index (Phi) is 6.59. The lowest BCUT2D eigenvalue weighted by atomic mass is 10.1. The monoisotopic (exact) mass is 456 g/mol. The Balaban J connectivity index is 1.66. The number of benzene rings is 3. The largest absolute Gasteiger partial charge is 0.497 e. The zero-order chi connectivity index (χ0) is 24.1. The molecular weight excluding hydrogens is 432 g/mol. The number of para-hydroxylation sites is 1. The summed E-state index contributed by atoms with van der Waals surface area (Å²) in [5.74, 6) is 0.359. The van der Waals surface area contributed by atoms with E-state index in [4.69, 9.17) is 14.6 Å². The first-order valence-electron chi connectivity index (χ1n) is 10.5. The molecule has 0 fully saturated rings. The van der Waals surface area contributed by atoms with Crippen molar-refractivity contribution in [2.75, 3.05) is 31.5 Å². The van der Waals surface area contributed by atoms with Gasteiger partial charge >= 0.3 is 6.09 Å². The van der Waals surface area contributed by atoms with Crippen molar-refractivity contribution < 1.29 is 19.1 Å². The highest BCUT2D eigenvalue weighted by molar-refractivity contribution is 6.08. The molecule has 172 valence electrons. The Hall–Kier alpha value is -4.59. The van der Waals surface area contributed by atoms with Gasteiger partial charge in [0.15, 0.2) is 0 Å². The highest BCUT2D eigenvalue weighted by Crippen LogP contribution is 2.28. The zero-order valence-corrected chi connectivity index (χ0v) is 19.1. The first-order chi connectivity index (χ1) is 16.5. The van der Waals surface area contributed by atoms with E-state index in [-0.39, 0.29) is 5.91 Å². The van der Waals surface area contributed by atoms with Crippen LogP contribution in [-0.2, 0) is 4.74 Å². The lowest BCUT2D eigenvalue weighted by Gasteiger charge is -2.16. The minimum absolute atomic E-state index is 0.311. The van der Waals surface area contributed by atoms with E-state index in [1.165, 1.54) is 12.0 Å². The van der Waals surface area contributed by atoms with Gasteiger partial charge < -0.3 is 14.8 Å². The van der Waals surface area contributed by atoms with E-state index in [1.54, 1.807) is 49.3 Å². The second kappa shape index (κ2) is 9.91. The lowest BCUT2D eigenvalue weighted by molar-refractivity contribution is 0.102. The molecule has 8 heteroatoms. The highest BCUT2D eigenvalue weighted by atomic mass is 16.5. The zero-order valence-electron chi connectivity index (χ0n) is 19.1. The molecule has 0 aliphatic rings. The van der Waals surface area contributed by atoms with Crippen LogP contribution >= 0.6 is 0 Å². The van der Waals surface area contributed by atoms with Crippen LogP contribution in [0.1, 0.15) is 10.4 Å². The molecule has 4 aromatic rings. The van der Waals surface area contributed by atoms with Crippen LogP contribution in [0.15, 0.2) is 85.1 Å². The fraction of sp³-hybridized carbons (Fsp3) is 0.115. The molecule has 0 atom stereocenters. The molecular formula is C26H24N4O4. The normalized spacial score (nSPS) is 10.4. The lowest BCUT2D eigenvalue weighted by Crippen LogP contribution is -2.25. The van der Waals surface area contributed by atoms with E-state index in [1.807, 2.05) is 54.6 Å². The highest BCUT2D eigenvalue weighted by Gasteiger charge is 2.20. The summed E-state index contributed by atoms with van der Waals surface area (Å²) in [5.41, 5.74) is 3.75. The second-order valence-corrected chi connectivity index (χ2v) is 7.43. The predicted molar refractivity (Wildman–Crippen MR) is 131 cm³/mol. The predicted octanol–water partition coefficient (Wildman–Crippen LogP) is 5.00. The molecule has 3 aromatic carbocycles. The van der Waals surface area contributed by atoms with Crippen molar-refractivity contribution in [2.45, 2.75) is 0 Å². The Morgan fingerprint density at radius 2 is 1.68 bits per heavy atom. The standard InChI is InChI=1S/C26H24N4O4/c1-29(26(32)34-3)20-14-12-19(13-15-20)27-25(31)23-17-30(21-9-5-4-6-10-21)28-24(23)18-8-7-11-22(16-18)33-2/h4-17H,1-3H3,(H,27,31). The van der Waals surface area contributed by atoms with Crippen LogP contribution in [0, 0.1) is 0 Å². The quantitative estimate of drug-likeness (QED) is 0.441. The van der Waals surface area contributed by atoms with Crippen molar-refractivity contribution in [3.05, 3.63) is 90.6 Å². The molecule has 1 aromatic heterocycles. The number of hydrogen-bond acceptors (Lipinski definition) is 5. The Morgan fingerprint density at radius 1 is 0.941 bits per heavy atom. The number of ether oxygens (including phenoxy) is 2. The summed E-state index contributed by atoms with van der Waals surface area (Å²) in [7, 11) is 4.53. The maximum atomic E-state index is 13.3. The van der Waals surface area contributed by atoms with Crippen molar-refractivity contribution in [2.24, 2.45) is 0 Å². The minimum atomic E-state index is -0.479. The van der Waals surface area contributed by atoms with Gasteiger partial charge in [-0.1, -0.05) is 30.3 Å². The fourth-order valence-electron chi connectivity index (χ4n) is 3.45. The van der Waals surface area contributed by atoms with Crippen LogP contribution in [0.3, 0.4) is 0 Å². The van der Waals surface area contributed by atoms with Gasteiger partial charge in [0.1, 0.15) is 11.4 Å². The van der Waals surface area contributed by atoms with E-state index in [0.29, 0.717) is 28.4 Å². The summed E-state index contributed by atoms with van der Waals surface area (Å²) in [6, 6.07) is 23.9. The molecule has 0 spiro atoms. The summed E-state index contributed by atoms with van der Waals surface area (Å²) in [6.45, 7) is 0. The summed E-state index contributed by atoms with van der Waals surface area (Å²) < 4.78 is 11.8. The number of anilines is 2. The summed E-state index contributed by atoms with van der Waals surface area (Å²) >= 11 is 0. The SMILES string of the molecule is COC(=O)N(C)c1ccc(NC(=O)c2cn(-c3ccccc3)nc2-c2cccc(OC)c2)cc1. The molecule has 1 N–H and O–H groups in total. The molecule has 8 nitrogen and oxygen atoms in total. The number of carbonyl (C=O) groups excluding carboxylic acids is 2. The molecule has 0 bridgehead atoms. The smallest absolute Gasteiger partial charge is 0.413 e. The maximum Gasteiger partial charge on any atom is 0.413 e. The number of nitrogens with one attached hydrogen (secondary N) is 1. The van der Waals surface area contributed by atoms with Gasteiger partial charge in [0.05, 0.1) is 25.5 Å². The molecule has 0 saturated carbocycles. The molecule has 0 saturated heterocycles. The van der Waals surface area contributed by atoms with Gasteiger partial charge in [0.2, 0.25) is 0 Å². The van der Waals surface area contributed by atoms with Crippen LogP contribution in [0.2, 0.25) is 0 Å². The van der Waals surface area contributed by atoms with Crippen LogP contribution in [-0.4, -0.2) is 43.0 Å². The second-order valence-electron chi connectivity index (χ2n) is 7.43. The number of nitrogens with zero attached hydrogens (tertiary/aromatic N) is 3. The van der Waals surface area contributed by atoms with Crippen LogP contribution in [0.4, 0.5) is 16.2 Å². The van der Waals surface area contributed by atoms with Gasteiger partial charge in [-0.25, -0.2) is 9.48 Å². The molecule has 0 aliphatic heterocycles. The molecule has 2 amide bonds. The average Bonchev–Trinajstić information content (AvgIpc) is 3.35. The molecule has 0 radical (unpaired) electrons.